The topological polar surface area (TPSA) is 43.4 Å². The highest BCUT2D eigenvalue weighted by molar-refractivity contribution is 6.42. The average Bonchev–Trinajstić information content (AvgIpc) is 2.80. The second-order valence-electron chi connectivity index (χ2n) is 5.79. The van der Waals surface area contributed by atoms with Gasteiger partial charge in [0.25, 0.3) is 0 Å². The molecule has 0 spiro atoms. The third-order valence-corrected chi connectivity index (χ3v) is 5.60. The molecule has 4 atom stereocenters. The van der Waals surface area contributed by atoms with E-state index >= 15 is 0 Å². The van der Waals surface area contributed by atoms with E-state index in [9.17, 15) is 22.8 Å². The molecule has 21 heavy (non-hydrogen) atoms. The van der Waals surface area contributed by atoms with Gasteiger partial charge in [-0.1, -0.05) is 11.1 Å². The third-order valence-electron chi connectivity index (χ3n) is 4.93. The van der Waals surface area contributed by atoms with Crippen LogP contribution in [0.25, 0.3) is 0 Å². The Hall–Kier alpha value is -1.30. The minimum Gasteiger partial charge on any atom is -0.402 e. The van der Waals surface area contributed by atoms with Gasteiger partial charge in [0.15, 0.2) is 11.5 Å². The summed E-state index contributed by atoms with van der Waals surface area (Å²) in [7, 11) is 0. The normalized spacial score (nSPS) is 38.8. The predicted molar refractivity (Wildman–Crippen MR) is 67.3 cm³/mol. The van der Waals surface area contributed by atoms with Gasteiger partial charge < -0.3 is 4.74 Å². The van der Waals surface area contributed by atoms with Gasteiger partial charge >= 0.3 is 6.36 Å². The molecular weight excluding hydrogens is 309 g/mol. The number of alkyl halides is 4. The van der Waals surface area contributed by atoms with Crippen molar-refractivity contribution in [3.63, 3.8) is 0 Å². The summed E-state index contributed by atoms with van der Waals surface area (Å²) >= 11 is 6.41. The van der Waals surface area contributed by atoms with Crippen LogP contribution in [0.2, 0.25) is 0 Å². The van der Waals surface area contributed by atoms with Gasteiger partial charge in [0, 0.05) is 12.0 Å². The van der Waals surface area contributed by atoms with Gasteiger partial charge in [0.1, 0.15) is 4.87 Å². The number of ketones is 2. The molecule has 3 nitrogen and oxygen atoms in total. The van der Waals surface area contributed by atoms with Gasteiger partial charge in [-0.3, -0.25) is 9.59 Å². The highest BCUT2D eigenvalue weighted by Crippen LogP contribution is 2.62. The highest BCUT2D eigenvalue weighted by atomic mass is 35.5. The smallest absolute Gasteiger partial charge is 0.402 e. The summed E-state index contributed by atoms with van der Waals surface area (Å²) in [5.41, 5.74) is 1.90. The Morgan fingerprint density at radius 2 is 1.90 bits per heavy atom. The van der Waals surface area contributed by atoms with Crippen molar-refractivity contribution >= 4 is 23.2 Å². The molecule has 2 bridgehead atoms. The number of hydrogen-bond donors (Lipinski definition) is 0. The summed E-state index contributed by atoms with van der Waals surface area (Å²) in [6.45, 7) is 3.68. The van der Waals surface area contributed by atoms with Crippen LogP contribution in [0.15, 0.2) is 23.0 Å². The lowest BCUT2D eigenvalue weighted by Gasteiger charge is -2.40. The summed E-state index contributed by atoms with van der Waals surface area (Å²) in [6, 6.07) is 0. The molecule has 7 heteroatoms. The van der Waals surface area contributed by atoms with E-state index in [1.54, 1.807) is 6.92 Å². The van der Waals surface area contributed by atoms with Crippen molar-refractivity contribution in [3.8, 4) is 0 Å². The van der Waals surface area contributed by atoms with Crippen LogP contribution < -0.4 is 0 Å². The first-order valence-corrected chi connectivity index (χ1v) is 6.87. The molecule has 0 aliphatic heterocycles. The highest BCUT2D eigenvalue weighted by Gasteiger charge is 2.67. The standard InChI is InChI=1S/C14H12ClF3O3/c1-5-6(2)8-3-7(5)11-9(19)4-10(21-14(16,17)18)12(20)13(8,11)15/h4,7-8,11H,3H2,1-2H3/t7-,8+,11-,13+/m0/s1. The number of rotatable bonds is 1. The Morgan fingerprint density at radius 3 is 2.48 bits per heavy atom. The van der Waals surface area contributed by atoms with Crippen LogP contribution in [0.5, 0.6) is 0 Å². The van der Waals surface area contributed by atoms with Crippen molar-refractivity contribution in [1.29, 1.82) is 0 Å². The second kappa shape index (κ2) is 4.12. The van der Waals surface area contributed by atoms with Crippen LogP contribution in [0.4, 0.5) is 13.2 Å². The Balaban J connectivity index is 2.06. The lowest BCUT2D eigenvalue weighted by atomic mass is 9.69. The van der Waals surface area contributed by atoms with Crippen molar-refractivity contribution in [3.05, 3.63) is 23.0 Å². The maximum atomic E-state index is 12.4. The fourth-order valence-electron chi connectivity index (χ4n) is 3.94. The molecular formula is C14H12ClF3O3. The molecule has 0 amide bonds. The maximum Gasteiger partial charge on any atom is 0.573 e. The van der Waals surface area contributed by atoms with Crippen molar-refractivity contribution < 1.29 is 27.5 Å². The number of ether oxygens (including phenoxy) is 1. The maximum absolute atomic E-state index is 12.4. The molecule has 3 aliphatic rings. The van der Waals surface area contributed by atoms with Gasteiger partial charge in [-0.2, -0.15) is 0 Å². The van der Waals surface area contributed by atoms with Crippen LogP contribution in [0.1, 0.15) is 20.3 Å². The van der Waals surface area contributed by atoms with Crippen LogP contribution in [-0.2, 0) is 14.3 Å². The first-order chi connectivity index (χ1) is 9.57. The zero-order valence-electron chi connectivity index (χ0n) is 11.3. The van der Waals surface area contributed by atoms with E-state index in [0.29, 0.717) is 12.5 Å². The zero-order chi connectivity index (χ0) is 15.7. The number of hydrogen-bond acceptors (Lipinski definition) is 3. The van der Waals surface area contributed by atoms with Crippen LogP contribution in [-0.4, -0.2) is 22.8 Å². The summed E-state index contributed by atoms with van der Waals surface area (Å²) in [5, 5.41) is 0. The average molecular weight is 321 g/mol. The van der Waals surface area contributed by atoms with E-state index in [1.807, 2.05) is 6.92 Å². The van der Waals surface area contributed by atoms with Gasteiger partial charge in [0.05, 0.1) is 5.92 Å². The number of fused-ring (bicyclic) bond motifs is 5. The molecule has 0 unspecified atom stereocenters. The molecule has 114 valence electrons. The van der Waals surface area contributed by atoms with Crippen LogP contribution in [0, 0.1) is 17.8 Å². The van der Waals surface area contributed by atoms with E-state index in [-0.39, 0.29) is 5.92 Å². The summed E-state index contributed by atoms with van der Waals surface area (Å²) in [5.74, 6) is -3.88. The number of Topliss-reactive ketones (excluding diaryl/α,β-unsaturated/α-hetero) is 1. The fourth-order valence-corrected chi connectivity index (χ4v) is 4.54. The number of carbonyl (C=O) groups is 2. The fraction of sp³-hybridized carbons (Fsp3) is 0.571. The van der Waals surface area contributed by atoms with Crippen molar-refractivity contribution in [2.75, 3.05) is 0 Å². The van der Waals surface area contributed by atoms with E-state index in [0.717, 1.165) is 11.1 Å². The molecule has 3 aliphatic carbocycles. The lowest BCUT2D eigenvalue weighted by Crippen LogP contribution is -2.52. The molecule has 1 fully saturated rings. The third kappa shape index (κ3) is 1.81. The molecule has 3 rings (SSSR count). The second-order valence-corrected chi connectivity index (χ2v) is 6.42. The zero-order valence-corrected chi connectivity index (χ0v) is 12.0. The number of allylic oxidation sites excluding steroid dienone is 4. The van der Waals surface area contributed by atoms with Gasteiger partial charge in [-0.25, -0.2) is 0 Å². The van der Waals surface area contributed by atoms with Crippen LogP contribution in [0.3, 0.4) is 0 Å². The van der Waals surface area contributed by atoms with E-state index < -0.39 is 40.4 Å². The van der Waals surface area contributed by atoms with E-state index in [1.165, 1.54) is 0 Å². The first kappa shape index (κ1) is 14.6. The van der Waals surface area contributed by atoms with E-state index in [2.05, 4.69) is 4.74 Å². The Morgan fingerprint density at radius 1 is 1.29 bits per heavy atom. The van der Waals surface area contributed by atoms with Crippen molar-refractivity contribution in [2.45, 2.75) is 31.5 Å². The summed E-state index contributed by atoms with van der Waals surface area (Å²) in [4.78, 5) is 22.9. The molecule has 0 saturated heterocycles. The Kier molecular flexibility index (Phi) is 2.87. The molecule has 0 heterocycles. The minimum atomic E-state index is -5.03. The largest absolute Gasteiger partial charge is 0.573 e. The quantitative estimate of drug-likeness (QED) is 0.550. The molecule has 0 N–H and O–H groups in total. The van der Waals surface area contributed by atoms with Crippen LogP contribution >= 0.6 is 11.6 Å². The SMILES string of the molecule is CC1=C(C)[C@@H]2C[C@H]1[C@]1(Cl)C(=O)C(OC(F)(F)F)=CC(=O)[C@H]21. The van der Waals surface area contributed by atoms with Gasteiger partial charge in [-0.05, 0) is 26.2 Å². The number of halogens is 4. The first-order valence-electron chi connectivity index (χ1n) is 6.49. The Bertz CT molecular complexity index is 619. The lowest BCUT2D eigenvalue weighted by molar-refractivity contribution is -0.304. The molecule has 0 radical (unpaired) electrons. The van der Waals surface area contributed by atoms with Gasteiger partial charge in [0.2, 0.25) is 5.78 Å². The minimum absolute atomic E-state index is 0.173. The van der Waals surface area contributed by atoms with Crippen molar-refractivity contribution in [2.24, 2.45) is 17.8 Å². The van der Waals surface area contributed by atoms with Gasteiger partial charge in [-0.15, -0.1) is 24.8 Å². The summed E-state index contributed by atoms with van der Waals surface area (Å²) < 4.78 is 40.8. The Labute approximate surface area is 123 Å². The summed E-state index contributed by atoms with van der Waals surface area (Å²) in [6.07, 6.45) is -3.86. The molecule has 0 aromatic rings. The molecule has 1 saturated carbocycles. The molecule has 0 aromatic heterocycles. The molecule has 0 aromatic carbocycles. The van der Waals surface area contributed by atoms with E-state index in [4.69, 9.17) is 11.6 Å². The monoisotopic (exact) mass is 320 g/mol. The number of carbonyl (C=O) groups excluding carboxylic acids is 2. The predicted octanol–water partition coefficient (Wildman–Crippen LogP) is 3.14. The van der Waals surface area contributed by atoms with Crippen molar-refractivity contribution in [1.82, 2.24) is 0 Å².